The summed E-state index contributed by atoms with van der Waals surface area (Å²) in [6.07, 6.45) is 4.43. The maximum atomic E-state index is 5.46. The molecule has 0 bridgehead atoms. The molecular weight excluding hydrogens is 136 g/mol. The third-order valence-corrected chi connectivity index (χ3v) is 1.47. The quantitative estimate of drug-likeness (QED) is 0.655. The van der Waals surface area contributed by atoms with E-state index in [1.807, 2.05) is 18.2 Å². The maximum absolute atomic E-state index is 5.46. The SMILES string of the molecule is C=CCc1cc(CN)ccn1. The summed E-state index contributed by atoms with van der Waals surface area (Å²) in [5.74, 6) is 0. The van der Waals surface area contributed by atoms with Crippen LogP contribution in [0.25, 0.3) is 0 Å². The summed E-state index contributed by atoms with van der Waals surface area (Å²) in [6, 6.07) is 3.92. The molecule has 11 heavy (non-hydrogen) atoms. The first-order chi connectivity index (χ1) is 5.36. The number of allylic oxidation sites excluding steroid dienone is 1. The van der Waals surface area contributed by atoms with Crippen LogP contribution in [-0.2, 0) is 13.0 Å². The summed E-state index contributed by atoms with van der Waals surface area (Å²) in [4.78, 5) is 4.15. The van der Waals surface area contributed by atoms with Gasteiger partial charge in [0.1, 0.15) is 0 Å². The largest absolute Gasteiger partial charge is 0.326 e. The minimum Gasteiger partial charge on any atom is -0.326 e. The third kappa shape index (κ3) is 2.16. The van der Waals surface area contributed by atoms with Gasteiger partial charge >= 0.3 is 0 Å². The molecule has 2 N–H and O–H groups in total. The number of nitrogens with zero attached hydrogens (tertiary/aromatic N) is 1. The van der Waals surface area contributed by atoms with Gasteiger partial charge in [0.05, 0.1) is 0 Å². The van der Waals surface area contributed by atoms with Crippen LogP contribution in [0.15, 0.2) is 31.0 Å². The lowest BCUT2D eigenvalue weighted by Crippen LogP contribution is -1.98. The van der Waals surface area contributed by atoms with E-state index in [9.17, 15) is 0 Å². The van der Waals surface area contributed by atoms with Crippen molar-refractivity contribution in [2.45, 2.75) is 13.0 Å². The molecule has 0 radical (unpaired) electrons. The zero-order chi connectivity index (χ0) is 8.10. The zero-order valence-corrected chi connectivity index (χ0v) is 6.46. The van der Waals surface area contributed by atoms with Crippen LogP contribution in [0.2, 0.25) is 0 Å². The number of hydrogen-bond donors (Lipinski definition) is 1. The fourth-order valence-electron chi connectivity index (χ4n) is 0.915. The average Bonchev–Trinajstić information content (AvgIpc) is 2.06. The van der Waals surface area contributed by atoms with Crippen LogP contribution in [0.4, 0.5) is 0 Å². The van der Waals surface area contributed by atoms with Crippen molar-refractivity contribution in [2.75, 3.05) is 0 Å². The van der Waals surface area contributed by atoms with E-state index in [0.717, 1.165) is 17.7 Å². The second-order valence-electron chi connectivity index (χ2n) is 2.35. The van der Waals surface area contributed by atoms with Gasteiger partial charge in [0, 0.05) is 24.9 Å². The molecule has 1 aromatic rings. The van der Waals surface area contributed by atoms with Crippen molar-refractivity contribution in [1.29, 1.82) is 0 Å². The van der Waals surface area contributed by atoms with Gasteiger partial charge in [-0.3, -0.25) is 4.98 Å². The van der Waals surface area contributed by atoms with Crippen LogP contribution >= 0.6 is 0 Å². The van der Waals surface area contributed by atoms with Gasteiger partial charge in [-0.15, -0.1) is 6.58 Å². The third-order valence-electron chi connectivity index (χ3n) is 1.47. The second kappa shape index (κ2) is 3.88. The van der Waals surface area contributed by atoms with Gasteiger partial charge in [-0.25, -0.2) is 0 Å². The Kier molecular flexibility index (Phi) is 2.81. The Bertz CT molecular complexity index is 243. The topological polar surface area (TPSA) is 38.9 Å². The number of hydrogen-bond acceptors (Lipinski definition) is 2. The molecule has 1 heterocycles. The molecule has 0 aliphatic carbocycles. The highest BCUT2D eigenvalue weighted by molar-refractivity contribution is 5.17. The van der Waals surface area contributed by atoms with Crippen LogP contribution in [-0.4, -0.2) is 4.98 Å². The van der Waals surface area contributed by atoms with E-state index >= 15 is 0 Å². The smallest absolute Gasteiger partial charge is 0.0444 e. The lowest BCUT2D eigenvalue weighted by atomic mass is 10.2. The molecule has 1 aromatic heterocycles. The molecule has 2 heteroatoms. The van der Waals surface area contributed by atoms with Gasteiger partial charge in [0.15, 0.2) is 0 Å². The van der Waals surface area contributed by atoms with Gasteiger partial charge in [0.25, 0.3) is 0 Å². The molecule has 1 rings (SSSR count). The molecule has 0 aliphatic rings. The van der Waals surface area contributed by atoms with Crippen molar-refractivity contribution < 1.29 is 0 Å². The lowest BCUT2D eigenvalue weighted by Gasteiger charge is -1.98. The standard InChI is InChI=1S/C9H12N2/c1-2-3-9-6-8(7-10)4-5-11-9/h2,4-6H,1,3,7,10H2. The highest BCUT2D eigenvalue weighted by Crippen LogP contribution is 2.01. The van der Waals surface area contributed by atoms with Gasteiger partial charge in [0.2, 0.25) is 0 Å². The van der Waals surface area contributed by atoms with E-state index in [2.05, 4.69) is 11.6 Å². The van der Waals surface area contributed by atoms with Crippen molar-refractivity contribution in [3.05, 3.63) is 42.2 Å². The number of pyridine rings is 1. The van der Waals surface area contributed by atoms with Crippen LogP contribution in [0.1, 0.15) is 11.3 Å². The molecule has 58 valence electrons. The van der Waals surface area contributed by atoms with Gasteiger partial charge in [-0.1, -0.05) is 6.08 Å². The van der Waals surface area contributed by atoms with Crippen molar-refractivity contribution in [1.82, 2.24) is 4.98 Å². The Labute approximate surface area is 66.8 Å². The first-order valence-electron chi connectivity index (χ1n) is 3.61. The molecular formula is C9H12N2. The molecule has 0 saturated heterocycles. The van der Waals surface area contributed by atoms with Crippen LogP contribution in [0, 0.1) is 0 Å². The summed E-state index contributed by atoms with van der Waals surface area (Å²) >= 11 is 0. The van der Waals surface area contributed by atoms with Crippen LogP contribution in [0.5, 0.6) is 0 Å². The van der Waals surface area contributed by atoms with Gasteiger partial charge in [-0.05, 0) is 17.7 Å². The lowest BCUT2D eigenvalue weighted by molar-refractivity contribution is 1.02. The molecule has 0 atom stereocenters. The van der Waals surface area contributed by atoms with Crippen LogP contribution < -0.4 is 5.73 Å². The number of rotatable bonds is 3. The molecule has 2 nitrogen and oxygen atoms in total. The Morgan fingerprint density at radius 1 is 1.64 bits per heavy atom. The van der Waals surface area contributed by atoms with E-state index in [1.165, 1.54) is 0 Å². The first-order valence-corrected chi connectivity index (χ1v) is 3.61. The van der Waals surface area contributed by atoms with Crippen molar-refractivity contribution in [3.63, 3.8) is 0 Å². The van der Waals surface area contributed by atoms with Crippen molar-refractivity contribution in [3.8, 4) is 0 Å². The Balaban J connectivity index is 2.82. The van der Waals surface area contributed by atoms with E-state index in [0.29, 0.717) is 6.54 Å². The van der Waals surface area contributed by atoms with Crippen molar-refractivity contribution >= 4 is 0 Å². The van der Waals surface area contributed by atoms with Gasteiger partial charge < -0.3 is 5.73 Å². The molecule has 0 saturated carbocycles. The predicted octanol–water partition coefficient (Wildman–Crippen LogP) is 1.27. The molecule has 0 unspecified atom stereocenters. The number of nitrogens with two attached hydrogens (primary N) is 1. The van der Waals surface area contributed by atoms with E-state index in [-0.39, 0.29) is 0 Å². The molecule has 0 amide bonds. The fourth-order valence-corrected chi connectivity index (χ4v) is 0.915. The summed E-state index contributed by atoms with van der Waals surface area (Å²) in [5.41, 5.74) is 7.61. The normalized spacial score (nSPS) is 9.55. The fraction of sp³-hybridized carbons (Fsp3) is 0.222. The average molecular weight is 148 g/mol. The van der Waals surface area contributed by atoms with E-state index < -0.39 is 0 Å². The minimum absolute atomic E-state index is 0.576. The molecule has 0 fully saturated rings. The summed E-state index contributed by atoms with van der Waals surface area (Å²) in [7, 11) is 0. The summed E-state index contributed by atoms with van der Waals surface area (Å²) < 4.78 is 0. The molecule has 0 spiro atoms. The minimum atomic E-state index is 0.576. The van der Waals surface area contributed by atoms with Gasteiger partial charge in [-0.2, -0.15) is 0 Å². The number of aromatic nitrogens is 1. The highest BCUT2D eigenvalue weighted by atomic mass is 14.7. The Morgan fingerprint density at radius 2 is 2.45 bits per heavy atom. The summed E-state index contributed by atoms with van der Waals surface area (Å²) in [5, 5.41) is 0. The Morgan fingerprint density at radius 3 is 3.09 bits per heavy atom. The zero-order valence-electron chi connectivity index (χ0n) is 6.46. The second-order valence-corrected chi connectivity index (χ2v) is 2.35. The van der Waals surface area contributed by atoms with E-state index in [1.54, 1.807) is 6.20 Å². The maximum Gasteiger partial charge on any atom is 0.0444 e. The Hall–Kier alpha value is -1.15. The molecule has 0 aromatic carbocycles. The van der Waals surface area contributed by atoms with E-state index in [4.69, 9.17) is 5.73 Å². The highest BCUT2D eigenvalue weighted by Gasteiger charge is 1.92. The predicted molar refractivity (Wildman–Crippen MR) is 46.0 cm³/mol. The van der Waals surface area contributed by atoms with Crippen LogP contribution in [0.3, 0.4) is 0 Å². The summed E-state index contributed by atoms with van der Waals surface area (Å²) in [6.45, 7) is 4.22. The first kappa shape index (κ1) is 7.95. The molecule has 0 aliphatic heterocycles. The van der Waals surface area contributed by atoms with Crippen molar-refractivity contribution in [2.24, 2.45) is 5.73 Å². The monoisotopic (exact) mass is 148 g/mol.